The van der Waals surface area contributed by atoms with Crippen molar-refractivity contribution in [1.29, 1.82) is 0 Å². The number of benzene rings is 3. The average molecular weight is 426 g/mol. The van der Waals surface area contributed by atoms with Gasteiger partial charge in [0.05, 0.1) is 13.7 Å². The third-order valence-corrected chi connectivity index (χ3v) is 5.04. The fourth-order valence-corrected chi connectivity index (χ4v) is 3.36. The van der Waals surface area contributed by atoms with E-state index in [1.54, 1.807) is 7.11 Å². The second-order valence-electron chi connectivity index (χ2n) is 7.05. The Balaban J connectivity index is 1.65. The molecule has 0 unspecified atom stereocenters. The molecule has 0 aliphatic heterocycles. The Kier molecular flexibility index (Phi) is 8.00. The normalized spacial score (nSPS) is 10.7. The summed E-state index contributed by atoms with van der Waals surface area (Å²) in [5.74, 6) is 2.21. The minimum Gasteiger partial charge on any atom is -0.497 e. The van der Waals surface area contributed by atoms with Crippen molar-refractivity contribution < 1.29 is 14.2 Å². The van der Waals surface area contributed by atoms with Gasteiger partial charge in [0.25, 0.3) is 0 Å². The van der Waals surface area contributed by atoms with Crippen molar-refractivity contribution in [1.82, 2.24) is 5.32 Å². The van der Waals surface area contributed by atoms with Crippen LogP contribution >= 0.6 is 11.6 Å². The average Bonchev–Trinajstić information content (AvgIpc) is 2.75. The van der Waals surface area contributed by atoms with Crippen LogP contribution in [0, 0.1) is 6.92 Å². The highest BCUT2D eigenvalue weighted by atomic mass is 35.5. The van der Waals surface area contributed by atoms with Crippen LogP contribution in [0.4, 0.5) is 0 Å². The van der Waals surface area contributed by atoms with Crippen LogP contribution in [0.1, 0.15) is 29.2 Å². The van der Waals surface area contributed by atoms with E-state index >= 15 is 0 Å². The minimum atomic E-state index is 0.465. The van der Waals surface area contributed by atoms with E-state index < -0.39 is 0 Å². The third-order valence-electron chi connectivity index (χ3n) is 4.69. The monoisotopic (exact) mass is 425 g/mol. The lowest BCUT2D eigenvalue weighted by Crippen LogP contribution is -2.13. The van der Waals surface area contributed by atoms with Gasteiger partial charge in [-0.05, 0) is 48.7 Å². The molecule has 4 nitrogen and oxygen atoms in total. The van der Waals surface area contributed by atoms with E-state index in [-0.39, 0.29) is 0 Å². The number of halogens is 1. The number of methoxy groups -OCH3 is 1. The number of rotatable bonds is 10. The summed E-state index contributed by atoms with van der Waals surface area (Å²) in [6.45, 7) is 6.41. The molecule has 30 heavy (non-hydrogen) atoms. The van der Waals surface area contributed by atoms with E-state index in [0.29, 0.717) is 36.3 Å². The predicted molar refractivity (Wildman–Crippen MR) is 122 cm³/mol. The van der Waals surface area contributed by atoms with Gasteiger partial charge in [0, 0.05) is 24.2 Å². The van der Waals surface area contributed by atoms with Crippen LogP contribution < -0.4 is 19.5 Å². The summed E-state index contributed by atoms with van der Waals surface area (Å²) in [6.07, 6.45) is 0. The molecule has 3 aromatic rings. The van der Waals surface area contributed by atoms with E-state index in [9.17, 15) is 0 Å². The Bertz CT molecular complexity index is 957. The van der Waals surface area contributed by atoms with Crippen LogP contribution in [-0.2, 0) is 19.7 Å². The van der Waals surface area contributed by atoms with Gasteiger partial charge in [-0.15, -0.1) is 0 Å². The van der Waals surface area contributed by atoms with Crippen molar-refractivity contribution in [2.24, 2.45) is 0 Å². The topological polar surface area (TPSA) is 39.7 Å². The Labute approximate surface area is 183 Å². The molecule has 0 atom stereocenters. The first-order valence-electron chi connectivity index (χ1n) is 10.1. The van der Waals surface area contributed by atoms with Gasteiger partial charge in [0.1, 0.15) is 12.4 Å². The number of hydrogen-bond donors (Lipinski definition) is 1. The summed E-state index contributed by atoms with van der Waals surface area (Å²) in [5, 5.41) is 4.08. The van der Waals surface area contributed by atoms with Crippen molar-refractivity contribution in [3.8, 4) is 17.2 Å². The maximum absolute atomic E-state index is 6.54. The number of aryl methyl sites for hydroxylation is 1. The van der Waals surface area contributed by atoms with Crippen molar-refractivity contribution in [3.05, 3.63) is 87.9 Å². The van der Waals surface area contributed by atoms with Crippen molar-refractivity contribution in [2.45, 2.75) is 33.5 Å². The lowest BCUT2D eigenvalue weighted by molar-refractivity contribution is 0.269. The van der Waals surface area contributed by atoms with Crippen LogP contribution in [0.2, 0.25) is 5.02 Å². The van der Waals surface area contributed by atoms with Gasteiger partial charge in [0.2, 0.25) is 0 Å². The molecule has 0 fully saturated rings. The molecule has 3 rings (SSSR count). The quantitative estimate of drug-likeness (QED) is 0.437. The predicted octanol–water partition coefficient (Wildman–Crippen LogP) is 5.92. The molecule has 0 heterocycles. The zero-order chi connectivity index (χ0) is 21.3. The fourth-order valence-electron chi connectivity index (χ4n) is 3.14. The molecule has 0 spiro atoms. The van der Waals surface area contributed by atoms with Gasteiger partial charge in [0.15, 0.2) is 11.5 Å². The summed E-state index contributed by atoms with van der Waals surface area (Å²) in [4.78, 5) is 0. The van der Waals surface area contributed by atoms with E-state index in [2.05, 4.69) is 24.4 Å². The van der Waals surface area contributed by atoms with Crippen LogP contribution in [0.15, 0.2) is 60.7 Å². The first kappa shape index (κ1) is 22.0. The smallest absolute Gasteiger partial charge is 0.163 e. The first-order valence-corrected chi connectivity index (χ1v) is 10.4. The largest absolute Gasteiger partial charge is 0.497 e. The summed E-state index contributed by atoms with van der Waals surface area (Å²) in [6, 6.07) is 20.1. The maximum atomic E-state index is 6.54. The lowest BCUT2D eigenvalue weighted by Gasteiger charge is -2.15. The molecule has 5 heteroatoms. The Morgan fingerprint density at radius 2 is 1.63 bits per heavy atom. The van der Waals surface area contributed by atoms with Crippen molar-refractivity contribution in [3.63, 3.8) is 0 Å². The highest BCUT2D eigenvalue weighted by molar-refractivity contribution is 6.31. The SMILES string of the molecule is CCOc1cc(CNCc2ccc(OC)cc2)c(Cl)cc1OCc1cccc(C)c1. The number of ether oxygens (including phenoxy) is 3. The number of hydrogen-bond acceptors (Lipinski definition) is 4. The van der Waals surface area contributed by atoms with Gasteiger partial charge in [-0.3, -0.25) is 0 Å². The Hall–Kier alpha value is -2.69. The number of nitrogens with one attached hydrogen (secondary N) is 1. The highest BCUT2D eigenvalue weighted by Gasteiger charge is 2.12. The second kappa shape index (κ2) is 10.9. The Morgan fingerprint density at radius 1 is 0.867 bits per heavy atom. The van der Waals surface area contributed by atoms with Crippen LogP contribution in [0.3, 0.4) is 0 Å². The second-order valence-corrected chi connectivity index (χ2v) is 7.46. The van der Waals surface area contributed by atoms with Gasteiger partial charge < -0.3 is 19.5 Å². The molecule has 0 aliphatic rings. The van der Waals surface area contributed by atoms with E-state index in [1.807, 2.05) is 55.5 Å². The molecule has 1 N–H and O–H groups in total. The van der Waals surface area contributed by atoms with Gasteiger partial charge >= 0.3 is 0 Å². The molecule has 0 amide bonds. The molecule has 0 saturated carbocycles. The fraction of sp³-hybridized carbons (Fsp3) is 0.280. The highest BCUT2D eigenvalue weighted by Crippen LogP contribution is 2.34. The zero-order valence-corrected chi connectivity index (χ0v) is 18.5. The standard InChI is InChI=1S/C25H28ClNO3/c1-4-29-24-13-21(16-27-15-19-8-10-22(28-3)11-9-19)23(26)14-25(24)30-17-20-7-5-6-18(2)12-20/h5-14,27H,4,15-17H2,1-3H3. The molecule has 0 radical (unpaired) electrons. The lowest BCUT2D eigenvalue weighted by atomic mass is 10.1. The van der Waals surface area contributed by atoms with Gasteiger partial charge in [-0.1, -0.05) is 53.6 Å². The van der Waals surface area contributed by atoms with Crippen LogP contribution in [-0.4, -0.2) is 13.7 Å². The first-order chi connectivity index (χ1) is 14.6. The van der Waals surface area contributed by atoms with E-state index in [0.717, 1.165) is 23.4 Å². The molecule has 0 aliphatic carbocycles. The van der Waals surface area contributed by atoms with Crippen molar-refractivity contribution in [2.75, 3.05) is 13.7 Å². The molecular weight excluding hydrogens is 398 g/mol. The maximum Gasteiger partial charge on any atom is 0.163 e. The van der Waals surface area contributed by atoms with Gasteiger partial charge in [-0.25, -0.2) is 0 Å². The molecule has 158 valence electrons. The molecule has 3 aromatic carbocycles. The van der Waals surface area contributed by atoms with Gasteiger partial charge in [-0.2, -0.15) is 0 Å². The summed E-state index contributed by atoms with van der Waals surface area (Å²) < 4.78 is 17.0. The minimum absolute atomic E-state index is 0.465. The third kappa shape index (κ3) is 6.15. The molecule has 0 bridgehead atoms. The molecule has 0 aromatic heterocycles. The summed E-state index contributed by atoms with van der Waals surface area (Å²) in [7, 11) is 1.67. The Morgan fingerprint density at radius 3 is 2.33 bits per heavy atom. The van der Waals surface area contributed by atoms with E-state index in [1.165, 1.54) is 11.1 Å². The van der Waals surface area contributed by atoms with E-state index in [4.69, 9.17) is 25.8 Å². The summed E-state index contributed by atoms with van der Waals surface area (Å²) in [5.41, 5.74) is 4.46. The molecular formula is C25H28ClNO3. The zero-order valence-electron chi connectivity index (χ0n) is 17.7. The molecule has 0 saturated heterocycles. The van der Waals surface area contributed by atoms with Crippen molar-refractivity contribution >= 4 is 11.6 Å². The van der Waals surface area contributed by atoms with Crippen LogP contribution in [0.5, 0.6) is 17.2 Å². The van der Waals surface area contributed by atoms with Crippen LogP contribution in [0.25, 0.3) is 0 Å². The summed E-state index contributed by atoms with van der Waals surface area (Å²) >= 11 is 6.54.